The highest BCUT2D eigenvalue weighted by molar-refractivity contribution is 7.99. The number of benzene rings is 2. The molecule has 8 heteroatoms. The van der Waals surface area contributed by atoms with Gasteiger partial charge in [-0.3, -0.25) is 9.59 Å². The minimum Gasteiger partial charge on any atom is -0.414 e. The van der Waals surface area contributed by atoms with E-state index in [1.54, 1.807) is 24.3 Å². The summed E-state index contributed by atoms with van der Waals surface area (Å²) in [6.07, 6.45) is 0. The Bertz CT molecular complexity index is 926. The third-order valence-corrected chi connectivity index (χ3v) is 4.64. The minimum atomic E-state index is -0.219. The lowest BCUT2D eigenvalue weighted by Gasteiger charge is -2.04. The molecule has 144 valence electrons. The average Bonchev–Trinajstić information content (AvgIpc) is 3.18. The Morgan fingerprint density at radius 1 is 0.964 bits per heavy atom. The van der Waals surface area contributed by atoms with Crippen LogP contribution < -0.4 is 10.6 Å². The van der Waals surface area contributed by atoms with Crippen LogP contribution in [0.15, 0.2) is 64.2 Å². The number of rotatable bonds is 8. The number of carbonyl (C=O) groups is 2. The van der Waals surface area contributed by atoms with Crippen molar-refractivity contribution in [2.45, 2.75) is 25.2 Å². The number of aromatic nitrogens is 2. The number of carbonyl (C=O) groups excluding carboxylic acids is 2. The molecule has 7 nitrogen and oxygen atoms in total. The molecule has 0 aliphatic rings. The number of nitrogens with one attached hydrogen (secondary N) is 2. The first kappa shape index (κ1) is 19.6. The summed E-state index contributed by atoms with van der Waals surface area (Å²) in [7, 11) is 0. The van der Waals surface area contributed by atoms with Gasteiger partial charge in [-0.25, -0.2) is 0 Å². The lowest BCUT2D eigenvalue weighted by atomic mass is 10.1. The molecule has 2 amide bonds. The Morgan fingerprint density at radius 3 is 2.46 bits per heavy atom. The lowest BCUT2D eigenvalue weighted by Crippen LogP contribution is -2.24. The molecule has 1 heterocycles. The van der Waals surface area contributed by atoms with Crippen molar-refractivity contribution in [1.82, 2.24) is 20.8 Å². The molecule has 2 N–H and O–H groups in total. The van der Waals surface area contributed by atoms with Crippen molar-refractivity contribution in [3.8, 4) is 0 Å². The van der Waals surface area contributed by atoms with Gasteiger partial charge in [-0.15, -0.1) is 10.2 Å². The number of hydrogen-bond donors (Lipinski definition) is 2. The van der Waals surface area contributed by atoms with Crippen molar-refractivity contribution in [2.75, 3.05) is 5.75 Å². The molecule has 1 aromatic heterocycles. The number of nitrogens with zero attached hydrogens (tertiary/aromatic N) is 2. The molecule has 0 unspecified atom stereocenters. The lowest BCUT2D eigenvalue weighted by molar-refractivity contribution is -0.118. The fraction of sp³-hybridized carbons (Fsp3) is 0.200. The van der Waals surface area contributed by atoms with Gasteiger partial charge in [0.25, 0.3) is 11.1 Å². The van der Waals surface area contributed by atoms with Crippen LogP contribution in [-0.2, 0) is 17.9 Å². The zero-order valence-corrected chi connectivity index (χ0v) is 16.2. The van der Waals surface area contributed by atoms with Crippen LogP contribution in [0.3, 0.4) is 0 Å². The van der Waals surface area contributed by atoms with Crippen LogP contribution in [0.4, 0.5) is 0 Å². The molecular weight excluding hydrogens is 376 g/mol. The zero-order chi connectivity index (χ0) is 19.8. The SMILES string of the molecule is Cc1ccc(CNC(=O)CSc2nnc(CNC(=O)c3ccccc3)o2)cc1. The smallest absolute Gasteiger partial charge is 0.277 e. The van der Waals surface area contributed by atoms with Crippen molar-refractivity contribution in [1.29, 1.82) is 0 Å². The third-order valence-electron chi connectivity index (χ3n) is 3.82. The molecule has 3 aromatic rings. The van der Waals surface area contributed by atoms with E-state index in [9.17, 15) is 9.59 Å². The fourth-order valence-corrected chi connectivity index (χ4v) is 2.91. The van der Waals surface area contributed by atoms with Crippen molar-refractivity contribution >= 4 is 23.6 Å². The number of aryl methyl sites for hydroxylation is 1. The summed E-state index contributed by atoms with van der Waals surface area (Å²) in [6, 6.07) is 16.8. The van der Waals surface area contributed by atoms with Crippen LogP contribution in [0.1, 0.15) is 27.4 Å². The minimum absolute atomic E-state index is 0.122. The average molecular weight is 396 g/mol. The van der Waals surface area contributed by atoms with E-state index in [0.29, 0.717) is 12.1 Å². The molecule has 0 bridgehead atoms. The summed E-state index contributed by atoms with van der Waals surface area (Å²) in [5, 5.41) is 13.6. The number of hydrogen-bond acceptors (Lipinski definition) is 6. The number of amides is 2. The molecule has 0 radical (unpaired) electrons. The summed E-state index contributed by atoms with van der Waals surface area (Å²) in [6.45, 7) is 2.62. The molecule has 0 spiro atoms. The maximum atomic E-state index is 12.0. The fourth-order valence-electron chi connectivity index (χ4n) is 2.30. The molecule has 2 aromatic carbocycles. The van der Waals surface area contributed by atoms with Gasteiger partial charge in [0.05, 0.1) is 12.3 Å². The predicted molar refractivity (Wildman–Crippen MR) is 106 cm³/mol. The van der Waals surface area contributed by atoms with Crippen LogP contribution in [0.5, 0.6) is 0 Å². The van der Waals surface area contributed by atoms with Gasteiger partial charge in [-0.05, 0) is 24.6 Å². The quantitative estimate of drug-likeness (QED) is 0.568. The van der Waals surface area contributed by atoms with Crippen LogP contribution in [0.2, 0.25) is 0 Å². The van der Waals surface area contributed by atoms with Crippen LogP contribution >= 0.6 is 11.8 Å². The predicted octanol–water partition coefficient (Wildman–Crippen LogP) is 2.72. The zero-order valence-electron chi connectivity index (χ0n) is 15.3. The van der Waals surface area contributed by atoms with Gasteiger partial charge in [0.15, 0.2) is 0 Å². The van der Waals surface area contributed by atoms with E-state index in [2.05, 4.69) is 20.8 Å². The van der Waals surface area contributed by atoms with Crippen molar-refractivity contribution in [3.05, 3.63) is 77.2 Å². The van der Waals surface area contributed by atoms with Gasteiger partial charge in [0, 0.05) is 12.1 Å². The van der Waals surface area contributed by atoms with E-state index in [0.717, 1.165) is 17.3 Å². The summed E-state index contributed by atoms with van der Waals surface area (Å²) in [5.41, 5.74) is 2.78. The molecule has 0 aliphatic heterocycles. The Kier molecular flexibility index (Phi) is 6.80. The second kappa shape index (κ2) is 9.70. The van der Waals surface area contributed by atoms with Gasteiger partial charge in [0.2, 0.25) is 11.8 Å². The van der Waals surface area contributed by atoms with E-state index in [1.807, 2.05) is 37.3 Å². The van der Waals surface area contributed by atoms with Gasteiger partial charge >= 0.3 is 0 Å². The summed E-state index contributed by atoms with van der Waals surface area (Å²) in [4.78, 5) is 23.9. The summed E-state index contributed by atoms with van der Waals surface area (Å²) >= 11 is 1.15. The Hall–Kier alpha value is -3.13. The molecule has 0 aliphatic carbocycles. The third kappa shape index (κ3) is 5.95. The monoisotopic (exact) mass is 396 g/mol. The van der Waals surface area contributed by atoms with Crippen LogP contribution in [-0.4, -0.2) is 27.8 Å². The van der Waals surface area contributed by atoms with Gasteiger partial charge in [-0.1, -0.05) is 59.8 Å². The van der Waals surface area contributed by atoms with Gasteiger partial charge < -0.3 is 15.1 Å². The highest BCUT2D eigenvalue weighted by Gasteiger charge is 2.11. The summed E-state index contributed by atoms with van der Waals surface area (Å²) < 4.78 is 5.44. The second-order valence-corrected chi connectivity index (χ2v) is 6.99. The van der Waals surface area contributed by atoms with E-state index in [-0.39, 0.29) is 35.2 Å². The van der Waals surface area contributed by atoms with Crippen LogP contribution in [0.25, 0.3) is 0 Å². The second-order valence-electron chi connectivity index (χ2n) is 6.06. The summed E-state index contributed by atoms with van der Waals surface area (Å²) in [5.74, 6) is 0.113. The standard InChI is InChI=1S/C20H20N4O3S/c1-14-7-9-15(10-8-14)11-21-17(25)13-28-20-24-23-18(27-20)12-22-19(26)16-5-3-2-4-6-16/h2-10H,11-13H2,1H3,(H,21,25)(H,22,26). The van der Waals surface area contributed by atoms with Crippen molar-refractivity contribution in [3.63, 3.8) is 0 Å². The van der Waals surface area contributed by atoms with E-state index in [1.165, 1.54) is 5.56 Å². The van der Waals surface area contributed by atoms with E-state index >= 15 is 0 Å². The normalized spacial score (nSPS) is 10.5. The van der Waals surface area contributed by atoms with Crippen molar-refractivity contribution in [2.24, 2.45) is 0 Å². The molecule has 0 saturated heterocycles. The van der Waals surface area contributed by atoms with E-state index in [4.69, 9.17) is 4.42 Å². The Morgan fingerprint density at radius 2 is 1.71 bits per heavy atom. The largest absolute Gasteiger partial charge is 0.414 e. The van der Waals surface area contributed by atoms with Gasteiger partial charge in [0.1, 0.15) is 0 Å². The molecule has 0 saturated carbocycles. The Labute approximate surface area is 166 Å². The molecule has 0 fully saturated rings. The molecular formula is C20H20N4O3S. The first-order valence-corrected chi connectivity index (χ1v) is 9.69. The van der Waals surface area contributed by atoms with E-state index < -0.39 is 0 Å². The topological polar surface area (TPSA) is 97.1 Å². The maximum Gasteiger partial charge on any atom is 0.277 e. The first-order chi connectivity index (χ1) is 13.6. The molecule has 3 rings (SSSR count). The van der Waals surface area contributed by atoms with Crippen molar-refractivity contribution < 1.29 is 14.0 Å². The van der Waals surface area contributed by atoms with Crippen LogP contribution in [0, 0.1) is 6.92 Å². The maximum absolute atomic E-state index is 12.0. The first-order valence-electron chi connectivity index (χ1n) is 8.71. The number of thioether (sulfide) groups is 1. The molecule has 0 atom stereocenters. The highest BCUT2D eigenvalue weighted by Crippen LogP contribution is 2.15. The van der Waals surface area contributed by atoms with Gasteiger partial charge in [-0.2, -0.15) is 0 Å². The molecule has 28 heavy (non-hydrogen) atoms. The highest BCUT2D eigenvalue weighted by atomic mass is 32.2. The Balaban J connectivity index is 1.39.